The minimum atomic E-state index is -4.89. The number of nitro groups is 1. The van der Waals surface area contributed by atoms with E-state index in [1.165, 1.54) is 6.07 Å². The van der Waals surface area contributed by atoms with E-state index in [2.05, 4.69) is 5.32 Å². The zero-order chi connectivity index (χ0) is 20.3. The Morgan fingerprint density at radius 2 is 1.75 bits per heavy atom. The fourth-order valence-electron chi connectivity index (χ4n) is 3.23. The quantitative estimate of drug-likeness (QED) is 0.576. The summed E-state index contributed by atoms with van der Waals surface area (Å²) in [6.45, 7) is 1.04. The highest BCUT2D eigenvalue weighted by Gasteiger charge is 2.31. The average molecular weight is 411 g/mol. The standard InChI is InChI=1S/C18H19F2N3O4S/c19-18(20)28(26,27)15-6-7-16(17(12-15)23(24)25)22-10-8-14(9-11-22)21-13-4-2-1-3-5-13/h1-7,12,14,18,21H,8-11H2. The molecule has 0 atom stereocenters. The van der Waals surface area contributed by atoms with Crippen LogP contribution in [0, 0.1) is 10.1 Å². The van der Waals surface area contributed by atoms with Gasteiger partial charge in [-0.1, -0.05) is 18.2 Å². The SMILES string of the molecule is O=[N+]([O-])c1cc(S(=O)(=O)C(F)F)ccc1N1CCC(Nc2ccccc2)CC1. The molecule has 7 nitrogen and oxygen atoms in total. The molecule has 10 heteroatoms. The lowest BCUT2D eigenvalue weighted by Gasteiger charge is -2.34. The van der Waals surface area contributed by atoms with Gasteiger partial charge >= 0.3 is 5.76 Å². The van der Waals surface area contributed by atoms with Crippen LogP contribution in [0.5, 0.6) is 0 Å². The van der Waals surface area contributed by atoms with Crippen LogP contribution < -0.4 is 10.2 Å². The molecule has 1 heterocycles. The number of alkyl halides is 2. The summed E-state index contributed by atoms with van der Waals surface area (Å²) in [6.07, 6.45) is 1.45. The van der Waals surface area contributed by atoms with Gasteiger partial charge in [0.15, 0.2) is 0 Å². The van der Waals surface area contributed by atoms with Crippen molar-refractivity contribution in [3.05, 3.63) is 58.6 Å². The predicted molar refractivity (Wildman–Crippen MR) is 102 cm³/mol. The second kappa shape index (κ2) is 8.09. The van der Waals surface area contributed by atoms with Crippen LogP contribution in [0.3, 0.4) is 0 Å². The summed E-state index contributed by atoms with van der Waals surface area (Å²) in [6, 6.07) is 12.8. The van der Waals surface area contributed by atoms with Gasteiger partial charge in [0.05, 0.1) is 9.82 Å². The Hall–Kier alpha value is -2.75. The van der Waals surface area contributed by atoms with Gasteiger partial charge in [0, 0.05) is 30.9 Å². The van der Waals surface area contributed by atoms with E-state index in [-0.39, 0.29) is 11.7 Å². The van der Waals surface area contributed by atoms with Crippen molar-refractivity contribution < 1.29 is 22.1 Å². The zero-order valence-electron chi connectivity index (χ0n) is 14.8. The van der Waals surface area contributed by atoms with Crippen LogP contribution in [0.25, 0.3) is 0 Å². The van der Waals surface area contributed by atoms with Gasteiger partial charge in [-0.25, -0.2) is 8.42 Å². The second-order valence-corrected chi connectivity index (χ2v) is 8.40. The van der Waals surface area contributed by atoms with Crippen molar-refractivity contribution in [1.29, 1.82) is 0 Å². The summed E-state index contributed by atoms with van der Waals surface area (Å²) in [5, 5.41) is 14.8. The molecule has 1 saturated heterocycles. The largest absolute Gasteiger partial charge is 0.382 e. The highest BCUT2D eigenvalue weighted by Crippen LogP contribution is 2.34. The monoisotopic (exact) mass is 411 g/mol. The first-order chi connectivity index (χ1) is 13.3. The van der Waals surface area contributed by atoms with Gasteiger partial charge in [-0.2, -0.15) is 8.78 Å². The topological polar surface area (TPSA) is 92.5 Å². The highest BCUT2D eigenvalue weighted by molar-refractivity contribution is 7.91. The van der Waals surface area contributed by atoms with E-state index in [1.807, 2.05) is 30.3 Å². The number of nitrogens with zero attached hydrogens (tertiary/aromatic N) is 2. The van der Waals surface area contributed by atoms with Crippen molar-refractivity contribution in [2.75, 3.05) is 23.3 Å². The van der Waals surface area contributed by atoms with Crippen LogP contribution in [0.15, 0.2) is 53.4 Å². The van der Waals surface area contributed by atoms with E-state index in [0.717, 1.165) is 24.6 Å². The van der Waals surface area contributed by atoms with Gasteiger partial charge in [0.25, 0.3) is 5.69 Å². The molecule has 0 bridgehead atoms. The number of benzene rings is 2. The molecule has 3 rings (SSSR count). The van der Waals surface area contributed by atoms with Crippen LogP contribution >= 0.6 is 0 Å². The minimum absolute atomic E-state index is 0.205. The molecule has 0 unspecified atom stereocenters. The molecule has 2 aromatic rings. The Morgan fingerprint density at radius 1 is 1.11 bits per heavy atom. The number of rotatable bonds is 6. The molecule has 0 saturated carbocycles. The molecule has 1 aliphatic heterocycles. The first kappa shape index (κ1) is 20.0. The van der Waals surface area contributed by atoms with Gasteiger partial charge in [-0.15, -0.1) is 0 Å². The van der Waals surface area contributed by atoms with Gasteiger partial charge in [-0.3, -0.25) is 10.1 Å². The smallest absolute Gasteiger partial charge is 0.341 e. The molecule has 0 amide bonds. The lowest BCUT2D eigenvalue weighted by Crippen LogP contribution is -2.39. The molecule has 0 aromatic heterocycles. The number of nitro benzene ring substituents is 1. The summed E-state index contributed by atoms with van der Waals surface area (Å²) in [4.78, 5) is 11.7. The van der Waals surface area contributed by atoms with Crippen molar-refractivity contribution in [2.45, 2.75) is 29.5 Å². The van der Waals surface area contributed by atoms with Gasteiger partial charge < -0.3 is 10.2 Å². The van der Waals surface area contributed by atoms with Gasteiger partial charge in [0.1, 0.15) is 5.69 Å². The van der Waals surface area contributed by atoms with Crippen molar-refractivity contribution in [3.8, 4) is 0 Å². The van der Waals surface area contributed by atoms with Crippen LogP contribution in [0.4, 0.5) is 25.8 Å². The fraction of sp³-hybridized carbons (Fsp3) is 0.333. The summed E-state index contributed by atoms with van der Waals surface area (Å²) >= 11 is 0. The summed E-state index contributed by atoms with van der Waals surface area (Å²) in [5.74, 6) is -3.63. The molecule has 0 spiro atoms. The third-order valence-corrected chi connectivity index (χ3v) is 6.07. The molecule has 28 heavy (non-hydrogen) atoms. The van der Waals surface area contributed by atoms with Crippen LogP contribution in [0.1, 0.15) is 12.8 Å². The number of sulfone groups is 1. The normalized spacial score (nSPS) is 15.6. The number of hydrogen-bond donors (Lipinski definition) is 1. The van der Waals surface area contributed by atoms with Crippen LogP contribution in [-0.4, -0.2) is 38.2 Å². The Balaban J connectivity index is 1.76. The first-order valence-electron chi connectivity index (χ1n) is 8.66. The van der Waals surface area contributed by atoms with E-state index >= 15 is 0 Å². The second-order valence-electron chi connectivity index (χ2n) is 6.48. The number of halogens is 2. The molecular formula is C18H19F2N3O4S. The van der Waals surface area contributed by atoms with Crippen molar-refractivity contribution in [2.24, 2.45) is 0 Å². The van der Waals surface area contributed by atoms with Crippen LogP contribution in [0.2, 0.25) is 0 Å². The Morgan fingerprint density at radius 3 is 2.32 bits per heavy atom. The highest BCUT2D eigenvalue weighted by atomic mass is 32.2. The molecule has 2 aromatic carbocycles. The number of para-hydroxylation sites is 1. The maximum Gasteiger partial charge on any atom is 0.341 e. The predicted octanol–water partition coefficient (Wildman–Crippen LogP) is 3.67. The van der Waals surface area contributed by atoms with Gasteiger partial charge in [0.2, 0.25) is 9.84 Å². The van der Waals surface area contributed by atoms with E-state index in [1.54, 1.807) is 4.90 Å². The number of piperidine rings is 1. The third kappa shape index (κ3) is 4.22. The number of hydrogen-bond acceptors (Lipinski definition) is 6. The minimum Gasteiger partial charge on any atom is -0.382 e. The summed E-state index contributed by atoms with van der Waals surface area (Å²) in [7, 11) is -4.89. The first-order valence-corrected chi connectivity index (χ1v) is 10.2. The maximum absolute atomic E-state index is 12.7. The van der Waals surface area contributed by atoms with E-state index in [4.69, 9.17) is 0 Å². The Kier molecular flexibility index (Phi) is 5.78. The van der Waals surface area contributed by atoms with Crippen LogP contribution in [-0.2, 0) is 9.84 Å². The summed E-state index contributed by atoms with van der Waals surface area (Å²) < 4.78 is 48.7. The Labute approximate surface area is 161 Å². The molecule has 150 valence electrons. The number of nitrogens with one attached hydrogen (secondary N) is 1. The molecule has 1 N–H and O–H groups in total. The summed E-state index contributed by atoms with van der Waals surface area (Å²) in [5.41, 5.74) is 0.737. The zero-order valence-corrected chi connectivity index (χ0v) is 15.6. The van der Waals surface area contributed by atoms with Crippen molar-refractivity contribution in [1.82, 2.24) is 0 Å². The van der Waals surface area contributed by atoms with Gasteiger partial charge in [-0.05, 0) is 37.1 Å². The molecule has 0 aliphatic carbocycles. The van der Waals surface area contributed by atoms with E-state index in [9.17, 15) is 27.3 Å². The van der Waals surface area contributed by atoms with Crippen molar-refractivity contribution in [3.63, 3.8) is 0 Å². The van der Waals surface area contributed by atoms with E-state index < -0.39 is 31.1 Å². The van der Waals surface area contributed by atoms with E-state index in [0.29, 0.717) is 19.2 Å². The average Bonchev–Trinajstić information content (AvgIpc) is 2.68. The fourth-order valence-corrected chi connectivity index (χ4v) is 3.97. The lowest BCUT2D eigenvalue weighted by molar-refractivity contribution is -0.384. The lowest BCUT2D eigenvalue weighted by atomic mass is 10.0. The van der Waals surface area contributed by atoms with Crippen molar-refractivity contribution >= 4 is 26.9 Å². The molecule has 0 radical (unpaired) electrons. The Bertz CT molecular complexity index is 947. The molecule has 1 fully saturated rings. The number of anilines is 2. The maximum atomic E-state index is 12.7. The third-order valence-electron chi connectivity index (χ3n) is 4.69. The molecular weight excluding hydrogens is 392 g/mol. The molecule has 1 aliphatic rings.